The van der Waals surface area contributed by atoms with Gasteiger partial charge < -0.3 is 15.0 Å². The maximum absolute atomic E-state index is 12.7. The van der Waals surface area contributed by atoms with Gasteiger partial charge in [-0.05, 0) is 51.0 Å². The molecule has 0 aliphatic carbocycles. The van der Waals surface area contributed by atoms with E-state index in [1.807, 2.05) is 13.8 Å². The molecule has 1 aliphatic rings. The van der Waals surface area contributed by atoms with Crippen LogP contribution in [-0.4, -0.2) is 41.9 Å². The van der Waals surface area contributed by atoms with Crippen LogP contribution in [0.25, 0.3) is 0 Å². The topological polar surface area (TPSA) is 71.5 Å². The fourth-order valence-corrected chi connectivity index (χ4v) is 3.84. The summed E-state index contributed by atoms with van der Waals surface area (Å²) in [6.45, 7) is 5.28. The van der Waals surface area contributed by atoms with Gasteiger partial charge in [-0.1, -0.05) is 11.6 Å². The van der Waals surface area contributed by atoms with E-state index in [0.717, 1.165) is 35.4 Å². The largest absolute Gasteiger partial charge is 0.496 e. The van der Waals surface area contributed by atoms with Gasteiger partial charge in [0.1, 0.15) is 5.75 Å². The fourth-order valence-electron chi connectivity index (χ4n) is 3.72. The average molecular weight is 416 g/mol. The van der Waals surface area contributed by atoms with Crippen LogP contribution in [-0.2, 0) is 11.3 Å². The van der Waals surface area contributed by atoms with Crippen LogP contribution in [0.2, 0.25) is 5.02 Å². The van der Waals surface area contributed by atoms with Crippen molar-refractivity contribution in [1.29, 1.82) is 0 Å². The van der Waals surface area contributed by atoms with Gasteiger partial charge in [-0.25, -0.2) is 0 Å². The Labute approximate surface area is 176 Å². The molecule has 1 aromatic carbocycles. The predicted molar refractivity (Wildman–Crippen MR) is 112 cm³/mol. The van der Waals surface area contributed by atoms with E-state index >= 15 is 0 Å². The van der Waals surface area contributed by atoms with E-state index in [-0.39, 0.29) is 17.7 Å². The molecule has 1 fully saturated rings. The van der Waals surface area contributed by atoms with Crippen molar-refractivity contribution >= 4 is 23.4 Å². The van der Waals surface area contributed by atoms with Crippen LogP contribution in [0.15, 0.2) is 30.5 Å². The van der Waals surface area contributed by atoms with Crippen molar-refractivity contribution < 1.29 is 14.3 Å². The number of hydrogen-bond acceptors (Lipinski definition) is 4. The first-order valence-electron chi connectivity index (χ1n) is 9.72. The highest BCUT2D eigenvalue weighted by Gasteiger charge is 2.29. The van der Waals surface area contributed by atoms with Crippen molar-refractivity contribution in [3.05, 3.63) is 57.9 Å². The fraction of sp³-hybridized carbons (Fsp3) is 0.409. The molecule has 1 aliphatic heterocycles. The first kappa shape index (κ1) is 21.1. The van der Waals surface area contributed by atoms with E-state index in [1.54, 1.807) is 42.5 Å². The Morgan fingerprint density at radius 2 is 2.00 bits per heavy atom. The Hall–Kier alpha value is -2.60. The number of halogens is 1. The number of ether oxygens (including phenoxy) is 1. The van der Waals surface area contributed by atoms with Crippen LogP contribution in [0.3, 0.4) is 0 Å². The van der Waals surface area contributed by atoms with Gasteiger partial charge >= 0.3 is 0 Å². The minimum atomic E-state index is -0.229. The highest BCUT2D eigenvalue weighted by molar-refractivity contribution is 6.30. The molecule has 29 heavy (non-hydrogen) atoms. The van der Waals surface area contributed by atoms with Crippen LogP contribution in [0.1, 0.15) is 40.0 Å². The molecule has 154 valence electrons. The molecule has 0 saturated carbocycles. The molecule has 2 heterocycles. The van der Waals surface area contributed by atoms with E-state index in [0.29, 0.717) is 30.2 Å². The van der Waals surface area contributed by atoms with Crippen LogP contribution < -0.4 is 10.1 Å². The predicted octanol–water partition coefficient (Wildman–Crippen LogP) is 3.53. The zero-order valence-corrected chi connectivity index (χ0v) is 17.8. The van der Waals surface area contributed by atoms with Crippen molar-refractivity contribution in [2.75, 3.05) is 20.2 Å². The molecule has 1 unspecified atom stereocenters. The Morgan fingerprint density at radius 1 is 1.28 bits per heavy atom. The van der Waals surface area contributed by atoms with Gasteiger partial charge in [-0.3, -0.25) is 14.6 Å². The summed E-state index contributed by atoms with van der Waals surface area (Å²) >= 11 is 5.90. The molecule has 1 N–H and O–H groups in total. The maximum atomic E-state index is 12.7. The Bertz CT molecular complexity index is 899. The van der Waals surface area contributed by atoms with Gasteiger partial charge in [0.25, 0.3) is 5.91 Å². The molecular weight excluding hydrogens is 390 g/mol. The zero-order chi connectivity index (χ0) is 21.0. The average Bonchev–Trinajstić information content (AvgIpc) is 2.73. The van der Waals surface area contributed by atoms with Crippen LogP contribution in [0, 0.1) is 19.8 Å². The number of rotatable bonds is 5. The monoisotopic (exact) mass is 415 g/mol. The summed E-state index contributed by atoms with van der Waals surface area (Å²) in [6.07, 6.45) is 3.31. The lowest BCUT2D eigenvalue weighted by Crippen LogP contribution is -2.45. The third-order valence-electron chi connectivity index (χ3n) is 5.35. The molecule has 1 saturated heterocycles. The molecule has 1 aromatic heterocycles. The number of piperidine rings is 1. The molecular formula is C22H26ClN3O3. The lowest BCUT2D eigenvalue weighted by atomic mass is 9.96. The van der Waals surface area contributed by atoms with Gasteiger partial charge in [0.2, 0.25) is 5.91 Å². The normalized spacial score (nSPS) is 16.4. The van der Waals surface area contributed by atoms with Crippen LogP contribution >= 0.6 is 11.6 Å². The molecule has 2 amide bonds. The second kappa shape index (κ2) is 9.27. The molecule has 1 atom stereocenters. The minimum Gasteiger partial charge on any atom is -0.496 e. The molecule has 3 rings (SSSR count). The van der Waals surface area contributed by atoms with Crippen molar-refractivity contribution in [3.63, 3.8) is 0 Å². The second-order valence-corrected chi connectivity index (χ2v) is 7.80. The van der Waals surface area contributed by atoms with Gasteiger partial charge in [-0.15, -0.1) is 0 Å². The first-order chi connectivity index (χ1) is 13.9. The number of nitrogens with zero attached hydrogens (tertiary/aromatic N) is 2. The van der Waals surface area contributed by atoms with Crippen molar-refractivity contribution in [1.82, 2.24) is 15.2 Å². The summed E-state index contributed by atoms with van der Waals surface area (Å²) in [7, 11) is 1.63. The second-order valence-electron chi connectivity index (χ2n) is 7.36. The Morgan fingerprint density at radius 3 is 2.69 bits per heavy atom. The lowest BCUT2D eigenvalue weighted by Gasteiger charge is -2.32. The summed E-state index contributed by atoms with van der Waals surface area (Å²) in [5, 5.41) is 3.57. The van der Waals surface area contributed by atoms with E-state index in [4.69, 9.17) is 16.3 Å². The first-order valence-corrected chi connectivity index (χ1v) is 10.1. The van der Waals surface area contributed by atoms with E-state index in [1.165, 1.54) is 0 Å². The van der Waals surface area contributed by atoms with Crippen LogP contribution in [0.4, 0.5) is 0 Å². The number of aryl methyl sites for hydroxylation is 1. The molecule has 6 nitrogen and oxygen atoms in total. The number of likely N-dealkylation sites (tertiary alicyclic amines) is 1. The van der Waals surface area contributed by atoms with Gasteiger partial charge in [0.05, 0.1) is 25.3 Å². The van der Waals surface area contributed by atoms with Crippen molar-refractivity contribution in [3.8, 4) is 5.75 Å². The zero-order valence-electron chi connectivity index (χ0n) is 17.0. The van der Waals surface area contributed by atoms with E-state index < -0.39 is 0 Å². The van der Waals surface area contributed by atoms with Crippen molar-refractivity contribution in [2.24, 2.45) is 5.92 Å². The smallest absolute Gasteiger partial charge is 0.253 e. The van der Waals surface area contributed by atoms with E-state index in [9.17, 15) is 9.59 Å². The molecule has 2 aromatic rings. The summed E-state index contributed by atoms with van der Waals surface area (Å²) in [4.78, 5) is 31.6. The molecule has 0 bridgehead atoms. The number of hydrogen-bond donors (Lipinski definition) is 1. The van der Waals surface area contributed by atoms with Gasteiger partial charge in [0.15, 0.2) is 0 Å². The maximum Gasteiger partial charge on any atom is 0.253 e. The quantitative estimate of drug-likeness (QED) is 0.810. The number of carbonyl (C=O) groups excluding carboxylic acids is 2. The summed E-state index contributed by atoms with van der Waals surface area (Å²) in [5.41, 5.74) is 3.26. The standard InChI is InChI=1S/C22H26ClN3O3/c1-14-11-24-19(15(2)20(14)29-3)12-25-21(27)17-5-4-10-26(13-17)22(28)16-6-8-18(23)9-7-16/h6-9,11,17H,4-5,10,12-13H2,1-3H3,(H,25,27). The summed E-state index contributed by atoms with van der Waals surface area (Å²) in [6, 6.07) is 6.84. The highest BCUT2D eigenvalue weighted by Crippen LogP contribution is 2.24. The van der Waals surface area contributed by atoms with E-state index in [2.05, 4.69) is 10.3 Å². The summed E-state index contributed by atoms with van der Waals surface area (Å²) in [5.74, 6) is 0.439. The third kappa shape index (κ3) is 4.88. The Kier molecular flexibility index (Phi) is 6.75. The number of benzene rings is 1. The molecule has 7 heteroatoms. The van der Waals surface area contributed by atoms with Crippen molar-refractivity contribution in [2.45, 2.75) is 33.2 Å². The van der Waals surface area contributed by atoms with Crippen LogP contribution in [0.5, 0.6) is 5.75 Å². The van der Waals surface area contributed by atoms with Gasteiger partial charge in [-0.2, -0.15) is 0 Å². The number of carbonyl (C=O) groups is 2. The number of pyridine rings is 1. The number of amides is 2. The molecule has 0 radical (unpaired) electrons. The third-order valence-corrected chi connectivity index (χ3v) is 5.60. The number of aromatic nitrogens is 1. The minimum absolute atomic E-state index is 0.0562. The number of methoxy groups -OCH3 is 1. The van der Waals surface area contributed by atoms with Gasteiger partial charge in [0, 0.05) is 41.0 Å². The number of nitrogens with one attached hydrogen (secondary N) is 1. The highest BCUT2D eigenvalue weighted by atomic mass is 35.5. The SMILES string of the molecule is COc1c(C)cnc(CNC(=O)C2CCCN(C(=O)c3ccc(Cl)cc3)C2)c1C. The lowest BCUT2D eigenvalue weighted by molar-refractivity contribution is -0.126. The summed E-state index contributed by atoms with van der Waals surface area (Å²) < 4.78 is 5.42. The molecule has 0 spiro atoms. The Balaban J connectivity index is 1.61.